The minimum absolute atomic E-state index is 0.283. The number of nitrogens with one attached hydrogen (secondary N) is 1. The van der Waals surface area contributed by atoms with Gasteiger partial charge in [-0.15, -0.1) is 0 Å². The van der Waals surface area contributed by atoms with E-state index in [0.717, 1.165) is 13.1 Å². The van der Waals surface area contributed by atoms with Crippen molar-refractivity contribution in [3.05, 3.63) is 18.2 Å². The lowest BCUT2D eigenvalue weighted by atomic mass is 10.0. The van der Waals surface area contributed by atoms with E-state index < -0.39 is 0 Å². The van der Waals surface area contributed by atoms with Gasteiger partial charge in [0.05, 0.1) is 6.33 Å². The quantitative estimate of drug-likeness (QED) is 0.742. The van der Waals surface area contributed by atoms with Gasteiger partial charge in [0.25, 0.3) is 0 Å². The van der Waals surface area contributed by atoms with Crippen molar-refractivity contribution >= 4 is 0 Å². The van der Waals surface area contributed by atoms with Crippen molar-refractivity contribution in [3.8, 4) is 0 Å². The smallest absolute Gasteiger partial charge is 0.0948 e. The molecule has 1 aromatic rings. The standard InChI is InChI=1S/C10H17N3/c1-9-6-11-8-13(9)7-10(2)4-3-5-12-10/h6,8,12H,3-5,7H2,1-2H3. The molecule has 2 heterocycles. The lowest BCUT2D eigenvalue weighted by molar-refractivity contribution is 0.351. The molecule has 1 aliphatic rings. The zero-order valence-electron chi connectivity index (χ0n) is 8.38. The molecule has 1 unspecified atom stereocenters. The van der Waals surface area contributed by atoms with Gasteiger partial charge in [-0.2, -0.15) is 0 Å². The fourth-order valence-electron chi connectivity index (χ4n) is 2.02. The third-order valence-corrected chi connectivity index (χ3v) is 2.90. The summed E-state index contributed by atoms with van der Waals surface area (Å²) in [5.74, 6) is 0. The van der Waals surface area contributed by atoms with Gasteiger partial charge < -0.3 is 9.88 Å². The van der Waals surface area contributed by atoms with Crippen LogP contribution in [0.2, 0.25) is 0 Å². The molecule has 1 aromatic heterocycles. The highest BCUT2D eigenvalue weighted by atomic mass is 15.1. The van der Waals surface area contributed by atoms with Crippen molar-refractivity contribution in [2.75, 3.05) is 6.54 Å². The normalized spacial score (nSPS) is 28.2. The van der Waals surface area contributed by atoms with Gasteiger partial charge in [-0.05, 0) is 33.2 Å². The summed E-state index contributed by atoms with van der Waals surface area (Å²) >= 11 is 0. The lowest BCUT2D eigenvalue weighted by Gasteiger charge is -2.25. The Morgan fingerprint density at radius 2 is 2.54 bits per heavy atom. The van der Waals surface area contributed by atoms with E-state index in [-0.39, 0.29) is 5.54 Å². The first-order valence-electron chi connectivity index (χ1n) is 4.91. The molecule has 0 spiro atoms. The second kappa shape index (κ2) is 3.14. The number of nitrogens with zero attached hydrogens (tertiary/aromatic N) is 2. The maximum atomic E-state index is 4.13. The third kappa shape index (κ3) is 1.75. The predicted octanol–water partition coefficient (Wildman–Crippen LogP) is 1.33. The number of hydrogen-bond donors (Lipinski definition) is 1. The minimum Gasteiger partial charge on any atom is -0.333 e. The Morgan fingerprint density at radius 1 is 1.69 bits per heavy atom. The van der Waals surface area contributed by atoms with Crippen LogP contribution in [-0.2, 0) is 6.54 Å². The molecular formula is C10H17N3. The average Bonchev–Trinajstić information content (AvgIpc) is 2.64. The molecule has 3 nitrogen and oxygen atoms in total. The summed E-state index contributed by atoms with van der Waals surface area (Å²) in [6, 6.07) is 0. The van der Waals surface area contributed by atoms with Crippen LogP contribution < -0.4 is 5.32 Å². The van der Waals surface area contributed by atoms with Crippen molar-refractivity contribution in [1.29, 1.82) is 0 Å². The van der Waals surface area contributed by atoms with E-state index in [2.05, 4.69) is 28.7 Å². The molecule has 1 saturated heterocycles. The number of aryl methyl sites for hydroxylation is 1. The molecule has 0 bridgehead atoms. The maximum Gasteiger partial charge on any atom is 0.0948 e. The van der Waals surface area contributed by atoms with E-state index in [1.165, 1.54) is 18.5 Å². The fourth-order valence-corrected chi connectivity index (χ4v) is 2.02. The van der Waals surface area contributed by atoms with Crippen LogP contribution in [0.4, 0.5) is 0 Å². The molecule has 0 aromatic carbocycles. The number of hydrogen-bond acceptors (Lipinski definition) is 2. The van der Waals surface area contributed by atoms with Gasteiger partial charge >= 0.3 is 0 Å². The van der Waals surface area contributed by atoms with Gasteiger partial charge in [0.15, 0.2) is 0 Å². The fraction of sp³-hybridized carbons (Fsp3) is 0.700. The Bertz CT molecular complexity index is 284. The van der Waals surface area contributed by atoms with Crippen molar-refractivity contribution in [1.82, 2.24) is 14.9 Å². The Labute approximate surface area is 79.2 Å². The van der Waals surface area contributed by atoms with E-state index in [0.29, 0.717) is 0 Å². The lowest BCUT2D eigenvalue weighted by Crippen LogP contribution is -2.40. The van der Waals surface area contributed by atoms with Gasteiger partial charge in [-0.1, -0.05) is 0 Å². The number of rotatable bonds is 2. The van der Waals surface area contributed by atoms with E-state index in [1.807, 2.05) is 12.5 Å². The first-order chi connectivity index (χ1) is 6.20. The molecule has 0 aliphatic carbocycles. The van der Waals surface area contributed by atoms with Crippen LogP contribution in [0.3, 0.4) is 0 Å². The van der Waals surface area contributed by atoms with Crippen molar-refractivity contribution in [2.45, 2.75) is 38.8 Å². The number of aromatic nitrogens is 2. The summed E-state index contributed by atoms with van der Waals surface area (Å²) in [4.78, 5) is 4.13. The van der Waals surface area contributed by atoms with Crippen molar-refractivity contribution < 1.29 is 0 Å². The summed E-state index contributed by atoms with van der Waals surface area (Å²) in [5.41, 5.74) is 1.53. The van der Waals surface area contributed by atoms with Gasteiger partial charge in [0.1, 0.15) is 0 Å². The van der Waals surface area contributed by atoms with Crippen molar-refractivity contribution in [3.63, 3.8) is 0 Å². The van der Waals surface area contributed by atoms with Crippen LogP contribution >= 0.6 is 0 Å². The first kappa shape index (κ1) is 8.75. The molecule has 0 saturated carbocycles. The second-order valence-electron chi connectivity index (χ2n) is 4.25. The molecule has 3 heteroatoms. The van der Waals surface area contributed by atoms with Crippen LogP contribution in [0.1, 0.15) is 25.5 Å². The maximum absolute atomic E-state index is 4.13. The molecule has 0 radical (unpaired) electrons. The zero-order chi connectivity index (χ0) is 9.31. The molecular weight excluding hydrogens is 162 g/mol. The highest BCUT2D eigenvalue weighted by Gasteiger charge is 2.28. The summed E-state index contributed by atoms with van der Waals surface area (Å²) in [6.07, 6.45) is 6.40. The van der Waals surface area contributed by atoms with Gasteiger partial charge in [0.2, 0.25) is 0 Å². The average molecular weight is 179 g/mol. The molecule has 72 valence electrons. The summed E-state index contributed by atoms with van der Waals surface area (Å²) < 4.78 is 2.22. The molecule has 13 heavy (non-hydrogen) atoms. The van der Waals surface area contributed by atoms with Gasteiger partial charge in [-0.25, -0.2) is 4.98 Å². The zero-order valence-corrected chi connectivity index (χ0v) is 8.38. The second-order valence-corrected chi connectivity index (χ2v) is 4.25. The van der Waals surface area contributed by atoms with Crippen LogP contribution in [0.5, 0.6) is 0 Å². The highest BCUT2D eigenvalue weighted by molar-refractivity contribution is 4.98. The minimum atomic E-state index is 0.283. The van der Waals surface area contributed by atoms with Crippen LogP contribution in [-0.4, -0.2) is 21.6 Å². The number of imidazole rings is 1. The summed E-state index contributed by atoms with van der Waals surface area (Å²) in [5, 5.41) is 3.55. The van der Waals surface area contributed by atoms with Gasteiger partial charge in [-0.3, -0.25) is 0 Å². The van der Waals surface area contributed by atoms with Crippen molar-refractivity contribution in [2.24, 2.45) is 0 Å². The molecule has 1 aliphatic heterocycles. The predicted molar refractivity (Wildman–Crippen MR) is 52.6 cm³/mol. The SMILES string of the molecule is Cc1cncn1CC1(C)CCCN1. The van der Waals surface area contributed by atoms with E-state index in [1.54, 1.807) is 0 Å². The third-order valence-electron chi connectivity index (χ3n) is 2.90. The topological polar surface area (TPSA) is 29.9 Å². The molecule has 1 N–H and O–H groups in total. The van der Waals surface area contributed by atoms with E-state index in [9.17, 15) is 0 Å². The highest BCUT2D eigenvalue weighted by Crippen LogP contribution is 2.20. The molecule has 1 atom stereocenters. The van der Waals surface area contributed by atoms with Gasteiger partial charge in [0, 0.05) is 24.0 Å². The largest absolute Gasteiger partial charge is 0.333 e. The first-order valence-corrected chi connectivity index (χ1v) is 4.91. The molecule has 1 fully saturated rings. The van der Waals surface area contributed by atoms with E-state index in [4.69, 9.17) is 0 Å². The molecule has 0 amide bonds. The van der Waals surface area contributed by atoms with Crippen LogP contribution in [0.25, 0.3) is 0 Å². The Kier molecular flexibility index (Phi) is 2.12. The Morgan fingerprint density at radius 3 is 3.08 bits per heavy atom. The Hall–Kier alpha value is -0.830. The van der Waals surface area contributed by atoms with Crippen LogP contribution in [0.15, 0.2) is 12.5 Å². The summed E-state index contributed by atoms with van der Waals surface area (Å²) in [6.45, 7) is 6.59. The molecule has 2 rings (SSSR count). The van der Waals surface area contributed by atoms with Crippen LogP contribution in [0, 0.1) is 6.92 Å². The summed E-state index contributed by atoms with van der Waals surface area (Å²) in [7, 11) is 0. The Balaban J connectivity index is 2.09. The monoisotopic (exact) mass is 179 g/mol. The van der Waals surface area contributed by atoms with E-state index >= 15 is 0 Å².